The molecule has 6 heteroatoms. The van der Waals surface area contributed by atoms with Crippen molar-refractivity contribution < 1.29 is 28.6 Å². The Labute approximate surface area is 385 Å². The molecular weight excluding hydrogens is 769 g/mol. The SMILES string of the molecule is CCCC/C=C\C/C=C\CCCCCCCC(=O)OC(COC(=O)CCCCCCCCCCCCCCCC)COC(=O)CCCCCCCCCCCCCCCCCC. The maximum absolute atomic E-state index is 12.8. The zero-order valence-electron chi connectivity index (χ0n) is 41.7. The summed E-state index contributed by atoms with van der Waals surface area (Å²) in [6.07, 6.45) is 58.7. The molecule has 0 aliphatic rings. The molecule has 0 aliphatic heterocycles. The van der Waals surface area contributed by atoms with Crippen LogP contribution >= 0.6 is 0 Å². The van der Waals surface area contributed by atoms with Crippen molar-refractivity contribution in [3.63, 3.8) is 0 Å². The Morgan fingerprint density at radius 2 is 0.597 bits per heavy atom. The fourth-order valence-electron chi connectivity index (χ4n) is 8.05. The second-order valence-corrected chi connectivity index (χ2v) is 18.5. The van der Waals surface area contributed by atoms with Crippen LogP contribution in [0.5, 0.6) is 0 Å². The third kappa shape index (κ3) is 48.9. The van der Waals surface area contributed by atoms with Gasteiger partial charge in [-0.15, -0.1) is 0 Å². The molecule has 62 heavy (non-hydrogen) atoms. The van der Waals surface area contributed by atoms with Crippen LogP contribution in [0.25, 0.3) is 0 Å². The van der Waals surface area contributed by atoms with Gasteiger partial charge in [-0.25, -0.2) is 0 Å². The number of hydrogen-bond acceptors (Lipinski definition) is 6. The minimum Gasteiger partial charge on any atom is -0.462 e. The van der Waals surface area contributed by atoms with Crippen molar-refractivity contribution in [2.45, 2.75) is 303 Å². The van der Waals surface area contributed by atoms with Gasteiger partial charge in [-0.1, -0.05) is 257 Å². The Morgan fingerprint density at radius 3 is 0.935 bits per heavy atom. The average Bonchev–Trinajstić information content (AvgIpc) is 3.27. The van der Waals surface area contributed by atoms with Gasteiger partial charge in [0.05, 0.1) is 0 Å². The van der Waals surface area contributed by atoms with E-state index in [0.29, 0.717) is 19.3 Å². The maximum atomic E-state index is 12.8. The zero-order valence-corrected chi connectivity index (χ0v) is 41.7. The van der Waals surface area contributed by atoms with Crippen LogP contribution in [0.4, 0.5) is 0 Å². The Hall–Kier alpha value is -2.11. The van der Waals surface area contributed by atoms with E-state index in [2.05, 4.69) is 45.1 Å². The smallest absolute Gasteiger partial charge is 0.306 e. The topological polar surface area (TPSA) is 78.9 Å². The van der Waals surface area contributed by atoms with Crippen LogP contribution in [-0.4, -0.2) is 37.2 Å². The van der Waals surface area contributed by atoms with Crippen molar-refractivity contribution in [3.8, 4) is 0 Å². The number of carbonyl (C=O) groups excluding carboxylic acids is 3. The predicted octanol–water partition coefficient (Wildman–Crippen LogP) is 17.9. The van der Waals surface area contributed by atoms with Gasteiger partial charge in [-0.3, -0.25) is 14.4 Å². The van der Waals surface area contributed by atoms with E-state index in [1.54, 1.807) is 0 Å². The molecule has 0 heterocycles. The lowest BCUT2D eigenvalue weighted by Gasteiger charge is -2.18. The molecule has 0 rings (SSSR count). The predicted molar refractivity (Wildman–Crippen MR) is 266 cm³/mol. The van der Waals surface area contributed by atoms with Gasteiger partial charge < -0.3 is 14.2 Å². The molecule has 6 nitrogen and oxygen atoms in total. The van der Waals surface area contributed by atoms with Crippen LogP contribution in [-0.2, 0) is 28.6 Å². The Kier molecular flexibility index (Phi) is 49.8. The molecule has 1 atom stereocenters. The number of esters is 3. The molecule has 0 radical (unpaired) electrons. The molecule has 0 spiro atoms. The third-order valence-electron chi connectivity index (χ3n) is 12.2. The lowest BCUT2D eigenvalue weighted by molar-refractivity contribution is -0.167. The van der Waals surface area contributed by atoms with Crippen molar-refractivity contribution in [2.24, 2.45) is 0 Å². The average molecular weight is 873 g/mol. The minimum absolute atomic E-state index is 0.0718. The summed E-state index contributed by atoms with van der Waals surface area (Å²) >= 11 is 0. The van der Waals surface area contributed by atoms with Crippen molar-refractivity contribution in [2.75, 3.05) is 13.2 Å². The summed E-state index contributed by atoms with van der Waals surface area (Å²) < 4.78 is 16.8. The van der Waals surface area contributed by atoms with E-state index >= 15 is 0 Å². The molecule has 364 valence electrons. The summed E-state index contributed by atoms with van der Waals surface area (Å²) in [5, 5.41) is 0. The highest BCUT2D eigenvalue weighted by Crippen LogP contribution is 2.16. The summed E-state index contributed by atoms with van der Waals surface area (Å²) in [7, 11) is 0. The van der Waals surface area contributed by atoms with Crippen LogP contribution < -0.4 is 0 Å². The van der Waals surface area contributed by atoms with Crippen LogP contribution in [0.1, 0.15) is 297 Å². The molecular formula is C56H104O6. The van der Waals surface area contributed by atoms with Crippen molar-refractivity contribution >= 4 is 17.9 Å². The molecule has 1 unspecified atom stereocenters. The maximum Gasteiger partial charge on any atom is 0.306 e. The zero-order chi connectivity index (χ0) is 45.1. The van der Waals surface area contributed by atoms with E-state index in [0.717, 1.165) is 83.5 Å². The van der Waals surface area contributed by atoms with E-state index in [4.69, 9.17) is 14.2 Å². The molecule has 0 aliphatic carbocycles. The van der Waals surface area contributed by atoms with Gasteiger partial charge in [0.1, 0.15) is 13.2 Å². The summed E-state index contributed by atoms with van der Waals surface area (Å²) in [5.41, 5.74) is 0. The van der Waals surface area contributed by atoms with Crippen molar-refractivity contribution in [1.82, 2.24) is 0 Å². The Balaban J connectivity index is 4.34. The summed E-state index contributed by atoms with van der Waals surface area (Å²) in [5.74, 6) is -0.868. The number of carbonyl (C=O) groups is 3. The van der Waals surface area contributed by atoms with Gasteiger partial charge in [0, 0.05) is 19.3 Å². The number of unbranched alkanes of at least 4 members (excludes halogenated alkanes) is 35. The molecule has 0 amide bonds. The number of hydrogen-bond donors (Lipinski definition) is 0. The lowest BCUT2D eigenvalue weighted by atomic mass is 10.0. The summed E-state index contributed by atoms with van der Waals surface area (Å²) in [6, 6.07) is 0. The van der Waals surface area contributed by atoms with Crippen LogP contribution in [0.15, 0.2) is 24.3 Å². The molecule has 0 aromatic rings. The standard InChI is InChI=1S/C56H104O6/c1-4-7-10-13-16-19-22-25-28-29-32-34-37-40-43-46-49-55(58)61-52-53(62-56(59)50-47-44-41-38-35-31-27-24-21-18-15-12-9-6-3)51-60-54(57)48-45-42-39-36-33-30-26-23-20-17-14-11-8-5-2/h15,18,24,27,53H,4-14,16-17,19-23,25-26,28-52H2,1-3H3/b18-15-,27-24-. The molecule has 0 aromatic heterocycles. The lowest BCUT2D eigenvalue weighted by Crippen LogP contribution is -2.30. The van der Waals surface area contributed by atoms with E-state index in [1.807, 2.05) is 0 Å². The Morgan fingerprint density at radius 1 is 0.323 bits per heavy atom. The number of allylic oxidation sites excluding steroid dienone is 4. The van der Waals surface area contributed by atoms with Gasteiger partial charge in [0.25, 0.3) is 0 Å². The van der Waals surface area contributed by atoms with Gasteiger partial charge in [-0.05, 0) is 44.9 Å². The largest absolute Gasteiger partial charge is 0.462 e. The highest BCUT2D eigenvalue weighted by atomic mass is 16.6. The van der Waals surface area contributed by atoms with E-state index in [1.165, 1.54) is 173 Å². The highest BCUT2D eigenvalue weighted by Gasteiger charge is 2.19. The van der Waals surface area contributed by atoms with Crippen LogP contribution in [0.2, 0.25) is 0 Å². The second kappa shape index (κ2) is 51.5. The first-order valence-corrected chi connectivity index (χ1v) is 27.3. The van der Waals surface area contributed by atoms with Gasteiger partial charge in [-0.2, -0.15) is 0 Å². The summed E-state index contributed by atoms with van der Waals surface area (Å²) in [6.45, 7) is 6.63. The van der Waals surface area contributed by atoms with Crippen molar-refractivity contribution in [1.29, 1.82) is 0 Å². The number of ether oxygens (including phenoxy) is 3. The van der Waals surface area contributed by atoms with Crippen LogP contribution in [0.3, 0.4) is 0 Å². The normalized spacial score (nSPS) is 12.1. The number of rotatable bonds is 50. The minimum atomic E-state index is -0.772. The van der Waals surface area contributed by atoms with E-state index in [-0.39, 0.29) is 31.1 Å². The molecule has 0 saturated heterocycles. The van der Waals surface area contributed by atoms with Gasteiger partial charge >= 0.3 is 17.9 Å². The Bertz CT molecular complexity index is 1000. The summed E-state index contributed by atoms with van der Waals surface area (Å²) in [4.78, 5) is 38.0. The quantitative estimate of drug-likeness (QED) is 0.0262. The fraction of sp³-hybridized carbons (Fsp3) is 0.875. The third-order valence-corrected chi connectivity index (χ3v) is 12.2. The van der Waals surface area contributed by atoms with E-state index < -0.39 is 6.10 Å². The first-order valence-electron chi connectivity index (χ1n) is 27.3. The van der Waals surface area contributed by atoms with Gasteiger partial charge in [0.15, 0.2) is 6.10 Å². The molecule has 0 bridgehead atoms. The molecule has 0 aromatic carbocycles. The fourth-order valence-corrected chi connectivity index (χ4v) is 8.05. The first kappa shape index (κ1) is 59.9. The van der Waals surface area contributed by atoms with Crippen LogP contribution in [0, 0.1) is 0 Å². The molecule has 0 saturated carbocycles. The molecule has 0 N–H and O–H groups in total. The first-order chi connectivity index (χ1) is 30.5. The monoisotopic (exact) mass is 873 g/mol. The van der Waals surface area contributed by atoms with E-state index in [9.17, 15) is 14.4 Å². The molecule has 0 fully saturated rings. The van der Waals surface area contributed by atoms with Crippen molar-refractivity contribution in [3.05, 3.63) is 24.3 Å². The highest BCUT2D eigenvalue weighted by molar-refractivity contribution is 5.71. The van der Waals surface area contributed by atoms with Gasteiger partial charge in [0.2, 0.25) is 0 Å². The second-order valence-electron chi connectivity index (χ2n) is 18.5.